The Morgan fingerprint density at radius 3 is 2.61 bits per heavy atom. The Balaban J connectivity index is 2.99. The van der Waals surface area contributed by atoms with Gasteiger partial charge in [-0.3, -0.25) is 10.8 Å². The van der Waals surface area contributed by atoms with Crippen LogP contribution in [0.3, 0.4) is 0 Å². The van der Waals surface area contributed by atoms with Crippen molar-refractivity contribution < 1.29 is 0 Å². The number of aromatic nitrogens is 1. The predicted molar refractivity (Wildman–Crippen MR) is 81.1 cm³/mol. The van der Waals surface area contributed by atoms with Crippen molar-refractivity contribution in [3.8, 4) is 0 Å². The summed E-state index contributed by atoms with van der Waals surface area (Å²) in [6, 6.07) is 3.74. The lowest BCUT2D eigenvalue weighted by Crippen LogP contribution is -2.13. The van der Waals surface area contributed by atoms with E-state index < -0.39 is 0 Å². The van der Waals surface area contributed by atoms with Crippen LogP contribution < -0.4 is 11.3 Å². The average molecular weight is 329 g/mol. The van der Waals surface area contributed by atoms with Crippen molar-refractivity contribution in [2.24, 2.45) is 5.84 Å². The fourth-order valence-corrected chi connectivity index (χ4v) is 3.01. The number of pyridine rings is 1. The highest BCUT2D eigenvalue weighted by Gasteiger charge is 2.18. The van der Waals surface area contributed by atoms with Gasteiger partial charge in [0, 0.05) is 21.1 Å². The summed E-state index contributed by atoms with van der Waals surface area (Å²) in [5.74, 6) is 6.03. The highest BCUT2D eigenvalue weighted by molar-refractivity contribution is 9.10. The molecule has 18 heavy (non-hydrogen) atoms. The molecule has 0 aliphatic rings. The molecule has 0 aliphatic heterocycles. The molecule has 0 unspecified atom stereocenters. The maximum atomic E-state index is 6.21. The maximum absolute atomic E-state index is 6.21. The first-order chi connectivity index (χ1) is 8.47. The first-order valence-corrected chi connectivity index (χ1v) is 6.89. The number of nitrogens with zero attached hydrogens (tertiary/aromatic N) is 1. The first-order valence-electron chi connectivity index (χ1n) is 5.72. The number of hydrogen-bond acceptors (Lipinski definition) is 3. The van der Waals surface area contributed by atoms with Crippen LogP contribution in [0.4, 0.5) is 5.69 Å². The summed E-state index contributed by atoms with van der Waals surface area (Å²) >= 11 is 9.75. The smallest absolute Gasteiger partial charge is 0.0924 e. The minimum absolute atomic E-state index is 0.332. The molecular weight excluding hydrogens is 314 g/mol. The summed E-state index contributed by atoms with van der Waals surface area (Å²) in [7, 11) is 0. The molecule has 2 rings (SSSR count). The monoisotopic (exact) mass is 327 g/mol. The van der Waals surface area contributed by atoms with Gasteiger partial charge in [-0.05, 0) is 25.0 Å². The SMILES string of the molecule is Cc1nc2c(Cl)ccc(Br)c2c(NN)c1C(C)C. The molecule has 0 aliphatic carbocycles. The molecule has 5 heteroatoms. The van der Waals surface area contributed by atoms with E-state index in [0.717, 1.165) is 32.3 Å². The molecule has 0 spiro atoms. The van der Waals surface area contributed by atoms with E-state index in [0.29, 0.717) is 10.9 Å². The van der Waals surface area contributed by atoms with Crippen LogP contribution in [0.25, 0.3) is 10.9 Å². The summed E-state index contributed by atoms with van der Waals surface area (Å²) in [5.41, 5.74) is 6.52. The van der Waals surface area contributed by atoms with E-state index in [1.54, 1.807) is 0 Å². The number of anilines is 1. The fraction of sp³-hybridized carbons (Fsp3) is 0.308. The van der Waals surface area contributed by atoms with E-state index in [1.165, 1.54) is 0 Å². The van der Waals surface area contributed by atoms with Gasteiger partial charge in [-0.2, -0.15) is 0 Å². The molecule has 1 aromatic carbocycles. The van der Waals surface area contributed by atoms with Crippen LogP contribution in [-0.2, 0) is 0 Å². The predicted octanol–water partition coefficient (Wildman–Crippen LogP) is 4.37. The van der Waals surface area contributed by atoms with Crippen LogP contribution in [0.15, 0.2) is 16.6 Å². The van der Waals surface area contributed by atoms with Crippen molar-refractivity contribution >= 4 is 44.1 Å². The number of nitrogens with one attached hydrogen (secondary N) is 1. The van der Waals surface area contributed by atoms with Crippen molar-refractivity contribution in [2.45, 2.75) is 26.7 Å². The van der Waals surface area contributed by atoms with E-state index in [1.807, 2.05) is 19.1 Å². The van der Waals surface area contributed by atoms with E-state index >= 15 is 0 Å². The zero-order valence-electron chi connectivity index (χ0n) is 10.5. The highest BCUT2D eigenvalue weighted by Crippen LogP contribution is 2.39. The second-order valence-electron chi connectivity index (χ2n) is 4.54. The molecule has 96 valence electrons. The Morgan fingerprint density at radius 1 is 1.39 bits per heavy atom. The molecule has 1 heterocycles. The van der Waals surface area contributed by atoms with Crippen molar-refractivity contribution in [2.75, 3.05) is 5.43 Å². The molecular formula is C13H15BrClN3. The number of halogens is 2. The second-order valence-corrected chi connectivity index (χ2v) is 5.80. The maximum Gasteiger partial charge on any atom is 0.0924 e. The van der Waals surface area contributed by atoms with Crippen LogP contribution in [0.5, 0.6) is 0 Å². The van der Waals surface area contributed by atoms with Gasteiger partial charge in [0.05, 0.1) is 16.2 Å². The van der Waals surface area contributed by atoms with Gasteiger partial charge in [0.2, 0.25) is 0 Å². The van der Waals surface area contributed by atoms with Crippen LogP contribution >= 0.6 is 27.5 Å². The molecule has 0 amide bonds. The summed E-state index contributed by atoms with van der Waals surface area (Å²) in [4.78, 5) is 4.61. The average Bonchev–Trinajstić information content (AvgIpc) is 2.32. The zero-order chi connectivity index (χ0) is 13.4. The Labute approximate surface area is 120 Å². The topological polar surface area (TPSA) is 50.9 Å². The lowest BCUT2D eigenvalue weighted by molar-refractivity contribution is 0.848. The number of hydrazine groups is 1. The standard InChI is InChI=1S/C13H15BrClN3/c1-6(2)10-7(3)17-12-9(15)5-4-8(14)11(12)13(10)18-16/h4-6H,16H2,1-3H3,(H,17,18). The number of nitrogens with two attached hydrogens (primary N) is 1. The quantitative estimate of drug-likeness (QED) is 0.636. The zero-order valence-corrected chi connectivity index (χ0v) is 12.9. The second kappa shape index (κ2) is 5.03. The Morgan fingerprint density at radius 2 is 2.06 bits per heavy atom. The third-order valence-corrected chi connectivity index (χ3v) is 3.95. The van der Waals surface area contributed by atoms with Gasteiger partial charge < -0.3 is 5.43 Å². The Kier molecular flexibility index (Phi) is 3.80. The summed E-state index contributed by atoms with van der Waals surface area (Å²) in [5, 5.41) is 1.56. The van der Waals surface area contributed by atoms with Crippen LogP contribution in [0.1, 0.15) is 31.0 Å². The molecule has 3 N–H and O–H groups in total. The highest BCUT2D eigenvalue weighted by atomic mass is 79.9. The number of nitrogen functional groups attached to an aromatic ring is 1. The first kappa shape index (κ1) is 13.6. The third kappa shape index (κ3) is 2.09. The fourth-order valence-electron chi connectivity index (χ4n) is 2.29. The largest absolute Gasteiger partial charge is 0.323 e. The van der Waals surface area contributed by atoms with Gasteiger partial charge >= 0.3 is 0 Å². The van der Waals surface area contributed by atoms with Crippen LogP contribution in [-0.4, -0.2) is 4.98 Å². The van der Waals surface area contributed by atoms with Crippen molar-refractivity contribution in [1.82, 2.24) is 4.98 Å². The van der Waals surface area contributed by atoms with Gasteiger partial charge in [-0.25, -0.2) is 0 Å². The van der Waals surface area contributed by atoms with E-state index in [9.17, 15) is 0 Å². The van der Waals surface area contributed by atoms with Gasteiger partial charge in [0.15, 0.2) is 0 Å². The van der Waals surface area contributed by atoms with Crippen molar-refractivity contribution in [3.63, 3.8) is 0 Å². The molecule has 2 aromatic rings. The van der Waals surface area contributed by atoms with Gasteiger partial charge in [-0.15, -0.1) is 0 Å². The van der Waals surface area contributed by atoms with E-state index in [2.05, 4.69) is 40.2 Å². The molecule has 0 atom stereocenters. The Hall–Kier alpha value is -0.840. The molecule has 0 saturated carbocycles. The molecule has 0 radical (unpaired) electrons. The normalized spacial score (nSPS) is 11.3. The van der Waals surface area contributed by atoms with E-state index in [-0.39, 0.29) is 0 Å². The molecule has 0 fully saturated rings. The van der Waals surface area contributed by atoms with E-state index in [4.69, 9.17) is 17.4 Å². The molecule has 3 nitrogen and oxygen atoms in total. The van der Waals surface area contributed by atoms with Crippen LogP contribution in [0.2, 0.25) is 5.02 Å². The lowest BCUT2D eigenvalue weighted by Gasteiger charge is -2.18. The number of aryl methyl sites for hydroxylation is 1. The van der Waals surface area contributed by atoms with Gasteiger partial charge in [0.1, 0.15) is 0 Å². The number of fused-ring (bicyclic) bond motifs is 1. The number of rotatable bonds is 2. The summed E-state index contributed by atoms with van der Waals surface area (Å²) in [6.07, 6.45) is 0. The van der Waals surface area contributed by atoms with Gasteiger partial charge in [-0.1, -0.05) is 41.4 Å². The number of hydrogen-bond donors (Lipinski definition) is 2. The van der Waals surface area contributed by atoms with Crippen LogP contribution in [0, 0.1) is 6.92 Å². The minimum atomic E-state index is 0.332. The molecule has 0 bridgehead atoms. The Bertz CT molecular complexity index is 611. The third-order valence-electron chi connectivity index (χ3n) is 2.99. The minimum Gasteiger partial charge on any atom is -0.323 e. The lowest BCUT2D eigenvalue weighted by atomic mass is 9.97. The van der Waals surface area contributed by atoms with Gasteiger partial charge in [0.25, 0.3) is 0 Å². The summed E-state index contributed by atoms with van der Waals surface area (Å²) < 4.78 is 0.934. The molecule has 1 aromatic heterocycles. The van der Waals surface area contributed by atoms with Crippen molar-refractivity contribution in [3.05, 3.63) is 32.9 Å². The summed E-state index contributed by atoms with van der Waals surface area (Å²) in [6.45, 7) is 6.22. The van der Waals surface area contributed by atoms with Crippen molar-refractivity contribution in [1.29, 1.82) is 0 Å². The number of benzene rings is 1. The molecule has 0 saturated heterocycles.